The minimum absolute atomic E-state index is 0.203. The molecule has 0 radical (unpaired) electrons. The summed E-state index contributed by atoms with van der Waals surface area (Å²) in [6.45, 7) is 13.0. The highest BCUT2D eigenvalue weighted by Crippen LogP contribution is 2.06. The summed E-state index contributed by atoms with van der Waals surface area (Å²) in [5.41, 5.74) is 5.94. The fourth-order valence-electron chi connectivity index (χ4n) is 1.72. The Hall–Kier alpha value is -3.96. The highest BCUT2D eigenvalue weighted by molar-refractivity contribution is 6.84. The summed E-state index contributed by atoms with van der Waals surface area (Å²) < 4.78 is 14.5. The molecule has 0 saturated heterocycles. The Morgan fingerprint density at radius 2 is 1.08 bits per heavy atom. The van der Waals surface area contributed by atoms with Crippen molar-refractivity contribution in [3.05, 3.63) is 53.7 Å². The van der Waals surface area contributed by atoms with Crippen molar-refractivity contribution in [3.63, 3.8) is 0 Å². The molecule has 0 fully saturated rings. The molecule has 0 aromatic carbocycles. The molecule has 0 bridgehead atoms. The molecule has 3 heterocycles. The number of aromatic nitrogens is 6. The molecule has 0 saturated carbocycles. The lowest BCUT2D eigenvalue weighted by Crippen LogP contribution is -2.16. The monoisotopic (exact) mass is 582 g/mol. The second kappa shape index (κ2) is 18.3. The molecule has 3 aromatic heterocycles. The first kappa shape index (κ1) is 35.0. The van der Waals surface area contributed by atoms with E-state index in [1.54, 1.807) is 37.7 Å². The topological polar surface area (TPSA) is 105 Å². The zero-order valence-corrected chi connectivity index (χ0v) is 26.7. The van der Waals surface area contributed by atoms with Gasteiger partial charge in [-0.1, -0.05) is 39.3 Å². The number of methoxy groups -OCH3 is 3. The average molecular weight is 583 g/mol. The van der Waals surface area contributed by atoms with Crippen molar-refractivity contribution >= 4 is 27.7 Å². The van der Waals surface area contributed by atoms with Crippen LogP contribution in [0.1, 0.15) is 11.6 Å². The summed E-state index contributed by atoms with van der Waals surface area (Å²) in [4.78, 5) is 23.2. The van der Waals surface area contributed by atoms with Crippen LogP contribution in [0, 0.1) is 35.8 Å². The molecule has 206 valence electrons. The van der Waals surface area contributed by atoms with Crippen LogP contribution in [0.25, 0.3) is 0 Å². The van der Waals surface area contributed by atoms with Crippen LogP contribution in [0.3, 0.4) is 0 Å². The SMILES string of the molecule is C#C[Si](C)(C)C.C#Cc1nccc(OC)n1.COc1ccnc(C#C[Si](C)(C)C)n1.COc1ccnc(Cl)n1. The zero-order valence-electron chi connectivity index (χ0n) is 23.9. The largest absolute Gasteiger partial charge is 0.481 e. The smallest absolute Gasteiger partial charge is 0.225 e. The maximum atomic E-state index is 5.42. The van der Waals surface area contributed by atoms with Crippen molar-refractivity contribution in [3.8, 4) is 53.4 Å². The van der Waals surface area contributed by atoms with Gasteiger partial charge in [-0.15, -0.1) is 23.9 Å². The van der Waals surface area contributed by atoms with E-state index in [9.17, 15) is 0 Å². The van der Waals surface area contributed by atoms with Gasteiger partial charge in [-0.3, -0.25) is 0 Å². The second-order valence-corrected chi connectivity index (χ2v) is 19.1. The minimum atomic E-state index is -1.35. The molecule has 9 nitrogen and oxygen atoms in total. The first-order chi connectivity index (χ1) is 18.3. The second-order valence-electron chi connectivity index (χ2n) is 9.25. The van der Waals surface area contributed by atoms with Crippen LogP contribution < -0.4 is 14.2 Å². The number of halogens is 1. The number of hydrogen-bond acceptors (Lipinski definition) is 9. The van der Waals surface area contributed by atoms with E-state index >= 15 is 0 Å². The van der Waals surface area contributed by atoms with Crippen LogP contribution in [0.5, 0.6) is 17.6 Å². The fourth-order valence-corrected chi connectivity index (χ4v) is 2.34. The first-order valence-electron chi connectivity index (χ1n) is 11.5. The maximum Gasteiger partial charge on any atom is 0.225 e. The summed E-state index contributed by atoms with van der Waals surface area (Å²) in [5.74, 6) is 7.67. The molecule has 0 atom stereocenters. The van der Waals surface area contributed by atoms with E-state index in [0.29, 0.717) is 29.3 Å². The van der Waals surface area contributed by atoms with E-state index in [2.05, 4.69) is 92.1 Å². The fraction of sp³-hybridized carbons (Fsp3) is 0.333. The van der Waals surface area contributed by atoms with Gasteiger partial charge in [0.2, 0.25) is 34.6 Å². The van der Waals surface area contributed by atoms with Gasteiger partial charge in [0.25, 0.3) is 0 Å². The minimum Gasteiger partial charge on any atom is -0.481 e. The van der Waals surface area contributed by atoms with E-state index in [1.807, 2.05) is 0 Å². The van der Waals surface area contributed by atoms with Crippen molar-refractivity contribution in [1.29, 1.82) is 0 Å². The predicted molar refractivity (Wildman–Crippen MR) is 161 cm³/mol. The summed E-state index contributed by atoms with van der Waals surface area (Å²) in [6, 6.07) is 4.98. The third kappa shape index (κ3) is 18.9. The molecular weight excluding hydrogens is 548 g/mol. The molecule has 0 amide bonds. The normalized spacial score (nSPS) is 9.54. The lowest BCUT2D eigenvalue weighted by atomic mass is 10.5. The van der Waals surface area contributed by atoms with Crippen molar-refractivity contribution < 1.29 is 14.2 Å². The summed E-state index contributed by atoms with van der Waals surface area (Å²) in [7, 11) is 2.19. The number of rotatable bonds is 3. The number of terminal acetylenes is 2. The van der Waals surface area contributed by atoms with Gasteiger partial charge in [-0.25, -0.2) is 15.0 Å². The molecule has 3 aromatic rings. The van der Waals surface area contributed by atoms with Crippen LogP contribution in [-0.4, -0.2) is 67.4 Å². The van der Waals surface area contributed by atoms with Gasteiger partial charge >= 0.3 is 0 Å². The summed E-state index contributed by atoms with van der Waals surface area (Å²) >= 11 is 5.42. The third-order valence-corrected chi connectivity index (χ3v) is 5.52. The molecule has 12 heteroatoms. The number of hydrogen-bond donors (Lipinski definition) is 0. The summed E-state index contributed by atoms with van der Waals surface area (Å²) in [6.07, 6.45) is 14.9. The molecule has 0 N–H and O–H groups in total. The van der Waals surface area contributed by atoms with Crippen LogP contribution >= 0.6 is 11.6 Å². The van der Waals surface area contributed by atoms with Crippen LogP contribution in [-0.2, 0) is 0 Å². The van der Waals surface area contributed by atoms with Crippen LogP contribution in [0.2, 0.25) is 44.6 Å². The van der Waals surface area contributed by atoms with Crippen molar-refractivity contribution in [2.75, 3.05) is 21.3 Å². The Kier molecular flexibility index (Phi) is 16.5. The Morgan fingerprint density at radius 3 is 1.44 bits per heavy atom. The number of ether oxygens (including phenoxy) is 3. The Labute approximate surface area is 239 Å². The van der Waals surface area contributed by atoms with Gasteiger partial charge in [-0.05, 0) is 23.4 Å². The summed E-state index contributed by atoms with van der Waals surface area (Å²) in [5, 5.41) is 0.203. The van der Waals surface area contributed by atoms with Gasteiger partial charge in [0.1, 0.15) is 16.1 Å². The first-order valence-corrected chi connectivity index (χ1v) is 18.9. The van der Waals surface area contributed by atoms with Crippen LogP contribution in [0.4, 0.5) is 0 Å². The molecule has 3 rings (SSSR count). The molecular formula is C27H35ClN6O3Si2. The van der Waals surface area contributed by atoms with E-state index in [-0.39, 0.29) is 5.28 Å². The van der Waals surface area contributed by atoms with E-state index in [4.69, 9.17) is 38.7 Å². The van der Waals surface area contributed by atoms with E-state index in [1.165, 1.54) is 20.4 Å². The third-order valence-electron chi connectivity index (χ3n) is 3.60. The number of nitrogens with zero attached hydrogens (tertiary/aromatic N) is 6. The zero-order chi connectivity index (χ0) is 29.9. The Morgan fingerprint density at radius 1 is 0.667 bits per heavy atom. The molecule has 0 aliphatic heterocycles. The predicted octanol–water partition coefficient (Wildman–Crippen LogP) is 4.82. The molecule has 39 heavy (non-hydrogen) atoms. The molecule has 0 aliphatic carbocycles. The average Bonchev–Trinajstić information content (AvgIpc) is 2.92. The highest BCUT2D eigenvalue weighted by atomic mass is 35.5. The molecule has 0 spiro atoms. The Balaban J connectivity index is 0.000000515. The standard InChI is InChI=1S/C10H14N2OSi.C7H6N2O.C5H5ClN2O.C5H10Si/c1-13-10-5-7-11-9(12-10)6-8-14(2,3)4;1-3-6-8-5-4-7(9-6)10-2;1-9-4-2-3-7-5(6)8-4;1-5-6(2,3)4/h5,7H,1-4H3;1,4-5H,2H3;2-3H,1H3;1H,2-4H3. The van der Waals surface area contributed by atoms with E-state index in [0.717, 1.165) is 0 Å². The Bertz CT molecular complexity index is 1300. The quantitative estimate of drug-likeness (QED) is 0.244. The van der Waals surface area contributed by atoms with Crippen LogP contribution in [0.15, 0.2) is 36.8 Å². The maximum absolute atomic E-state index is 5.42. The lowest BCUT2D eigenvalue weighted by Gasteiger charge is -2.03. The van der Waals surface area contributed by atoms with Crippen molar-refractivity contribution in [1.82, 2.24) is 29.9 Å². The van der Waals surface area contributed by atoms with Gasteiger partial charge in [-0.2, -0.15) is 15.0 Å². The van der Waals surface area contributed by atoms with Gasteiger partial charge in [0, 0.05) is 36.8 Å². The highest BCUT2D eigenvalue weighted by Gasteiger charge is 2.08. The lowest BCUT2D eigenvalue weighted by molar-refractivity contribution is 0.396. The van der Waals surface area contributed by atoms with Gasteiger partial charge in [0.05, 0.1) is 21.3 Å². The van der Waals surface area contributed by atoms with E-state index < -0.39 is 16.1 Å². The van der Waals surface area contributed by atoms with Gasteiger partial charge in [0.15, 0.2) is 0 Å². The van der Waals surface area contributed by atoms with Gasteiger partial charge < -0.3 is 14.2 Å². The molecule has 0 aliphatic rings. The van der Waals surface area contributed by atoms with Crippen molar-refractivity contribution in [2.24, 2.45) is 0 Å². The van der Waals surface area contributed by atoms with Crippen molar-refractivity contribution in [2.45, 2.75) is 39.3 Å². The molecule has 0 unspecified atom stereocenters.